The van der Waals surface area contributed by atoms with Crippen LogP contribution < -0.4 is 14.5 Å². The van der Waals surface area contributed by atoms with Crippen LogP contribution in [0.3, 0.4) is 0 Å². The fraction of sp³-hybridized carbons (Fsp3) is 0.522. The zero-order chi connectivity index (χ0) is 20.5. The molecular weight excluding hydrogens is 376 g/mol. The minimum atomic E-state index is 0.478. The van der Waals surface area contributed by atoms with Crippen LogP contribution in [0.15, 0.2) is 30.5 Å². The first-order valence-corrected chi connectivity index (χ1v) is 11.1. The van der Waals surface area contributed by atoms with E-state index in [2.05, 4.69) is 27.0 Å². The summed E-state index contributed by atoms with van der Waals surface area (Å²) in [6, 6.07) is 8.26. The molecule has 0 amide bonds. The lowest BCUT2D eigenvalue weighted by Gasteiger charge is -2.37. The summed E-state index contributed by atoms with van der Waals surface area (Å²) in [7, 11) is 3.71. The van der Waals surface area contributed by atoms with Crippen LogP contribution in [-0.2, 0) is 7.05 Å². The van der Waals surface area contributed by atoms with Gasteiger partial charge in [-0.2, -0.15) is 5.10 Å². The van der Waals surface area contributed by atoms with Gasteiger partial charge in [-0.05, 0) is 25.0 Å². The minimum Gasteiger partial charge on any atom is -0.495 e. The highest BCUT2D eigenvalue weighted by molar-refractivity contribution is 5.87. The lowest BCUT2D eigenvalue weighted by atomic mass is 9.88. The summed E-state index contributed by atoms with van der Waals surface area (Å²) < 4.78 is 7.45. The molecule has 7 heteroatoms. The van der Waals surface area contributed by atoms with Crippen molar-refractivity contribution in [1.29, 1.82) is 0 Å². The summed E-state index contributed by atoms with van der Waals surface area (Å²) in [6.07, 6.45) is 8.22. The van der Waals surface area contributed by atoms with Gasteiger partial charge in [-0.15, -0.1) is 0 Å². The number of para-hydroxylation sites is 2. The van der Waals surface area contributed by atoms with Crippen LogP contribution in [0.25, 0.3) is 11.0 Å². The van der Waals surface area contributed by atoms with Gasteiger partial charge in [-0.25, -0.2) is 9.97 Å². The molecule has 2 aromatic heterocycles. The van der Waals surface area contributed by atoms with Crippen LogP contribution in [0.4, 0.5) is 11.5 Å². The number of anilines is 2. The third kappa shape index (κ3) is 3.46. The largest absolute Gasteiger partial charge is 0.495 e. The molecule has 0 radical (unpaired) electrons. The van der Waals surface area contributed by atoms with E-state index >= 15 is 0 Å². The van der Waals surface area contributed by atoms with Crippen molar-refractivity contribution in [3.05, 3.63) is 36.3 Å². The molecule has 2 fully saturated rings. The van der Waals surface area contributed by atoms with E-state index in [1.807, 2.05) is 30.1 Å². The lowest BCUT2D eigenvalue weighted by Crippen LogP contribution is -2.47. The van der Waals surface area contributed by atoms with Gasteiger partial charge in [0.25, 0.3) is 0 Å². The Hall–Kier alpha value is -2.83. The van der Waals surface area contributed by atoms with E-state index in [0.29, 0.717) is 5.92 Å². The third-order valence-electron chi connectivity index (χ3n) is 6.56. The molecule has 0 bridgehead atoms. The quantitative estimate of drug-likeness (QED) is 0.658. The minimum absolute atomic E-state index is 0.478. The van der Waals surface area contributed by atoms with Crippen molar-refractivity contribution in [3.63, 3.8) is 0 Å². The molecule has 1 aliphatic heterocycles. The maximum absolute atomic E-state index is 5.57. The molecule has 5 rings (SSSR count). The highest BCUT2D eigenvalue weighted by Crippen LogP contribution is 2.34. The second-order valence-electron chi connectivity index (χ2n) is 8.39. The van der Waals surface area contributed by atoms with E-state index < -0.39 is 0 Å². The van der Waals surface area contributed by atoms with Gasteiger partial charge in [0.2, 0.25) is 0 Å². The molecule has 1 saturated heterocycles. The Bertz CT molecular complexity index is 1020. The first-order chi connectivity index (χ1) is 14.7. The molecule has 30 heavy (non-hydrogen) atoms. The van der Waals surface area contributed by atoms with E-state index in [1.165, 1.54) is 32.1 Å². The summed E-state index contributed by atoms with van der Waals surface area (Å²) in [4.78, 5) is 14.9. The Morgan fingerprint density at radius 2 is 1.67 bits per heavy atom. The average Bonchev–Trinajstić information content (AvgIpc) is 3.20. The fourth-order valence-corrected chi connectivity index (χ4v) is 4.86. The van der Waals surface area contributed by atoms with E-state index in [0.717, 1.165) is 60.3 Å². The Balaban J connectivity index is 1.42. The third-order valence-corrected chi connectivity index (χ3v) is 6.56. The van der Waals surface area contributed by atoms with Crippen molar-refractivity contribution in [3.8, 4) is 5.75 Å². The van der Waals surface area contributed by atoms with Crippen molar-refractivity contribution in [1.82, 2.24) is 19.7 Å². The Morgan fingerprint density at radius 3 is 2.43 bits per heavy atom. The Kier molecular flexibility index (Phi) is 5.19. The number of benzene rings is 1. The topological polar surface area (TPSA) is 59.3 Å². The van der Waals surface area contributed by atoms with Crippen molar-refractivity contribution in [2.24, 2.45) is 7.05 Å². The van der Waals surface area contributed by atoms with Crippen LogP contribution in [-0.4, -0.2) is 53.0 Å². The van der Waals surface area contributed by atoms with Crippen molar-refractivity contribution in [2.45, 2.75) is 38.0 Å². The average molecular weight is 407 g/mol. The van der Waals surface area contributed by atoms with E-state index in [1.54, 1.807) is 7.11 Å². The van der Waals surface area contributed by atoms with E-state index in [-0.39, 0.29) is 0 Å². The number of ether oxygens (including phenoxy) is 1. The maximum Gasteiger partial charge on any atom is 0.163 e. The standard InChI is InChI=1S/C23H30N6O/c1-27-22-18(16-24-27)23(26-21(25-22)17-8-4-3-5-9-17)29-14-12-28(13-15-29)19-10-6-7-11-20(19)30-2/h6-7,10-11,16-17H,3-5,8-9,12-15H2,1-2H3. The maximum atomic E-state index is 5.57. The predicted octanol–water partition coefficient (Wildman–Crippen LogP) is 3.75. The summed E-state index contributed by atoms with van der Waals surface area (Å²) >= 11 is 0. The molecule has 0 atom stereocenters. The van der Waals surface area contributed by atoms with Gasteiger partial charge in [-0.1, -0.05) is 31.4 Å². The van der Waals surface area contributed by atoms with Crippen LogP contribution in [0.1, 0.15) is 43.8 Å². The summed E-state index contributed by atoms with van der Waals surface area (Å²) in [5, 5.41) is 5.54. The molecule has 3 heterocycles. The molecule has 158 valence electrons. The molecule has 0 unspecified atom stereocenters. The van der Waals surface area contributed by atoms with Gasteiger partial charge in [0.1, 0.15) is 17.4 Å². The van der Waals surface area contributed by atoms with Gasteiger partial charge in [0.15, 0.2) is 5.65 Å². The number of piperazine rings is 1. The first-order valence-electron chi connectivity index (χ1n) is 11.1. The number of aryl methyl sites for hydroxylation is 1. The molecule has 3 aromatic rings. The van der Waals surface area contributed by atoms with Crippen molar-refractivity contribution < 1.29 is 4.74 Å². The SMILES string of the molecule is COc1ccccc1N1CCN(c2nc(C3CCCCC3)nc3c2cnn3C)CC1. The number of methoxy groups -OCH3 is 1. The van der Waals surface area contributed by atoms with Crippen LogP contribution >= 0.6 is 0 Å². The second kappa shape index (κ2) is 8.13. The van der Waals surface area contributed by atoms with Gasteiger partial charge in [-0.3, -0.25) is 4.68 Å². The molecule has 0 N–H and O–H groups in total. The smallest absolute Gasteiger partial charge is 0.163 e. The van der Waals surface area contributed by atoms with Crippen LogP contribution in [0.2, 0.25) is 0 Å². The normalized spacial score (nSPS) is 18.2. The zero-order valence-electron chi connectivity index (χ0n) is 17.9. The molecule has 1 aromatic carbocycles. The van der Waals surface area contributed by atoms with Gasteiger partial charge < -0.3 is 14.5 Å². The van der Waals surface area contributed by atoms with Crippen LogP contribution in [0, 0.1) is 0 Å². The number of fused-ring (bicyclic) bond motifs is 1. The summed E-state index contributed by atoms with van der Waals surface area (Å²) in [5.74, 6) is 3.47. The number of rotatable bonds is 4. The highest BCUT2D eigenvalue weighted by atomic mass is 16.5. The van der Waals surface area contributed by atoms with Crippen LogP contribution in [0.5, 0.6) is 5.75 Å². The van der Waals surface area contributed by atoms with E-state index in [4.69, 9.17) is 14.7 Å². The molecule has 2 aliphatic rings. The predicted molar refractivity (Wildman–Crippen MR) is 120 cm³/mol. The number of aromatic nitrogens is 4. The van der Waals surface area contributed by atoms with Gasteiger partial charge in [0.05, 0.1) is 24.4 Å². The first kappa shape index (κ1) is 19.2. The van der Waals surface area contributed by atoms with Crippen molar-refractivity contribution in [2.75, 3.05) is 43.1 Å². The second-order valence-corrected chi connectivity index (χ2v) is 8.39. The number of nitrogens with zero attached hydrogens (tertiary/aromatic N) is 6. The molecule has 7 nitrogen and oxygen atoms in total. The van der Waals surface area contributed by atoms with Gasteiger partial charge >= 0.3 is 0 Å². The zero-order valence-corrected chi connectivity index (χ0v) is 17.9. The highest BCUT2D eigenvalue weighted by Gasteiger charge is 2.26. The van der Waals surface area contributed by atoms with Crippen molar-refractivity contribution >= 4 is 22.5 Å². The lowest BCUT2D eigenvalue weighted by molar-refractivity contribution is 0.413. The van der Waals surface area contributed by atoms with Gasteiger partial charge in [0, 0.05) is 39.1 Å². The number of hydrogen-bond acceptors (Lipinski definition) is 6. The van der Waals surface area contributed by atoms with E-state index in [9.17, 15) is 0 Å². The fourth-order valence-electron chi connectivity index (χ4n) is 4.86. The Labute approximate surface area is 177 Å². The molecule has 1 saturated carbocycles. The number of hydrogen-bond donors (Lipinski definition) is 0. The summed E-state index contributed by atoms with van der Waals surface area (Å²) in [6.45, 7) is 3.71. The molecular formula is C23H30N6O. The molecule has 0 spiro atoms. The Morgan fingerprint density at radius 1 is 0.933 bits per heavy atom. The molecule has 1 aliphatic carbocycles. The monoisotopic (exact) mass is 406 g/mol. The summed E-state index contributed by atoms with van der Waals surface area (Å²) in [5.41, 5.74) is 2.12.